The quantitative estimate of drug-likeness (QED) is 0.238. The molecule has 3 N–H and O–H groups in total. The molecule has 3 atom stereocenters. The summed E-state index contributed by atoms with van der Waals surface area (Å²) in [6, 6.07) is 5.44. The first kappa shape index (κ1) is 32.3. The van der Waals surface area contributed by atoms with Crippen molar-refractivity contribution in [3.05, 3.63) is 48.0 Å². The molecule has 4 bridgehead atoms. The zero-order valence-corrected chi connectivity index (χ0v) is 26.9. The van der Waals surface area contributed by atoms with Crippen LogP contribution >= 0.6 is 0 Å². The summed E-state index contributed by atoms with van der Waals surface area (Å²) < 4.78 is 6.28. The van der Waals surface area contributed by atoms with Gasteiger partial charge >= 0.3 is 6.09 Å². The normalized spacial score (nSPS) is 29.0. The number of carbonyl (C=O) groups excluding carboxylic acids is 5. The lowest BCUT2D eigenvalue weighted by Crippen LogP contribution is -2.59. The number of amides is 4. The van der Waals surface area contributed by atoms with Crippen molar-refractivity contribution in [3.8, 4) is 0 Å². The van der Waals surface area contributed by atoms with E-state index in [0.717, 1.165) is 30.4 Å². The molecule has 1 aromatic rings. The van der Waals surface area contributed by atoms with E-state index < -0.39 is 47.4 Å². The summed E-state index contributed by atoms with van der Waals surface area (Å²) in [6.45, 7) is 5.94. The molecule has 1 unspecified atom stereocenters. The Kier molecular flexibility index (Phi) is 9.52. The maximum absolute atomic E-state index is 14.4. The number of ketones is 1. The number of benzene rings is 1. The number of hydrogen-bond acceptors (Lipinski definition) is 6. The Morgan fingerprint density at radius 3 is 2.22 bits per heavy atom. The molecule has 0 radical (unpaired) electrons. The van der Waals surface area contributed by atoms with Gasteiger partial charge in [-0.3, -0.25) is 19.2 Å². The Morgan fingerprint density at radius 1 is 1.00 bits per heavy atom. The molecule has 0 spiro atoms. The lowest BCUT2D eigenvalue weighted by atomic mass is 9.54. The standard InChI is InChI=1S/C36H48N4O6/c1-3-8-28(31(41)33(43)37-12-4-2)38-32(42)29-11-7-13-40(29)34(44)30(27-17-25-9-5-6-10-26(25)18-27)39-35(45)46-36-19-22-14-23(20-36)16-24(15-22)21-36/h4-6,9-10,22-24,27-30H,2-3,7-8,11-21H2,1H3,(H,37,43)(H,38,42)(H,39,45)/t22?,23?,24?,28?,29-,30-,36?/m0/s1. The van der Waals surface area contributed by atoms with Crippen LogP contribution in [-0.4, -0.2) is 71.3 Å². The maximum Gasteiger partial charge on any atom is 0.408 e. The molecule has 7 rings (SSSR count). The van der Waals surface area contributed by atoms with Crippen LogP contribution < -0.4 is 16.0 Å². The van der Waals surface area contributed by atoms with Gasteiger partial charge in [0.05, 0.1) is 6.04 Å². The molecule has 10 nitrogen and oxygen atoms in total. The van der Waals surface area contributed by atoms with Gasteiger partial charge in [0.15, 0.2) is 0 Å². The number of rotatable bonds is 12. The number of likely N-dealkylation sites (tertiary alicyclic amines) is 1. The van der Waals surface area contributed by atoms with E-state index in [9.17, 15) is 24.0 Å². The third kappa shape index (κ3) is 6.72. The summed E-state index contributed by atoms with van der Waals surface area (Å²) in [4.78, 5) is 68.5. The van der Waals surface area contributed by atoms with Gasteiger partial charge in [-0.25, -0.2) is 4.79 Å². The van der Waals surface area contributed by atoms with E-state index in [4.69, 9.17) is 4.74 Å². The van der Waals surface area contributed by atoms with Gasteiger partial charge in [-0.2, -0.15) is 0 Å². The second-order valence-corrected chi connectivity index (χ2v) is 14.5. The lowest BCUT2D eigenvalue weighted by molar-refractivity contribution is -0.144. The molecule has 1 aromatic carbocycles. The van der Waals surface area contributed by atoms with Crippen molar-refractivity contribution in [3.63, 3.8) is 0 Å². The van der Waals surface area contributed by atoms with Crippen LogP contribution in [0, 0.1) is 23.7 Å². The number of ether oxygens (including phenoxy) is 1. The van der Waals surface area contributed by atoms with Crippen molar-refractivity contribution < 1.29 is 28.7 Å². The number of alkyl carbamates (subject to hydrolysis) is 1. The summed E-state index contributed by atoms with van der Waals surface area (Å²) >= 11 is 0. The fourth-order valence-corrected chi connectivity index (χ4v) is 9.44. The second-order valence-electron chi connectivity index (χ2n) is 14.5. The Morgan fingerprint density at radius 2 is 1.63 bits per heavy atom. The topological polar surface area (TPSA) is 134 Å². The molecule has 1 aliphatic heterocycles. The molecule has 1 heterocycles. The van der Waals surface area contributed by atoms with Gasteiger partial charge in [0.25, 0.3) is 5.91 Å². The minimum atomic E-state index is -0.992. The average molecular weight is 633 g/mol. The second kappa shape index (κ2) is 13.6. The average Bonchev–Trinajstić information content (AvgIpc) is 3.68. The lowest BCUT2D eigenvalue weighted by Gasteiger charge is -2.55. The molecular weight excluding hydrogens is 584 g/mol. The summed E-state index contributed by atoms with van der Waals surface area (Å²) in [6.07, 6.45) is 10.5. The maximum atomic E-state index is 14.4. The van der Waals surface area contributed by atoms with E-state index in [1.54, 1.807) is 4.90 Å². The molecule has 4 amide bonds. The highest BCUT2D eigenvalue weighted by atomic mass is 16.6. The van der Waals surface area contributed by atoms with Crippen molar-refractivity contribution in [1.82, 2.24) is 20.9 Å². The minimum Gasteiger partial charge on any atom is -0.443 e. The summed E-state index contributed by atoms with van der Waals surface area (Å²) in [5.74, 6) is -0.604. The Balaban J connectivity index is 1.17. The predicted molar refractivity (Wildman–Crippen MR) is 171 cm³/mol. The number of Topliss-reactive ketones (excluding diaryl/α,β-unsaturated/α-hetero) is 1. The van der Waals surface area contributed by atoms with Crippen molar-refractivity contribution in [1.29, 1.82) is 0 Å². The minimum absolute atomic E-state index is 0.146. The highest BCUT2D eigenvalue weighted by Gasteiger charge is 2.54. The predicted octanol–water partition coefficient (Wildman–Crippen LogP) is 3.61. The number of hydrogen-bond donors (Lipinski definition) is 3. The zero-order valence-electron chi connectivity index (χ0n) is 26.9. The first-order chi connectivity index (χ1) is 22.2. The highest BCUT2D eigenvalue weighted by Crippen LogP contribution is 2.57. The number of carbonyl (C=O) groups is 5. The van der Waals surface area contributed by atoms with E-state index in [1.807, 2.05) is 19.1 Å². The van der Waals surface area contributed by atoms with Crippen molar-refractivity contribution in [2.75, 3.05) is 13.1 Å². The van der Waals surface area contributed by atoms with Crippen LogP contribution in [0.1, 0.15) is 82.3 Å². The molecule has 10 heteroatoms. The van der Waals surface area contributed by atoms with E-state index >= 15 is 0 Å². The zero-order chi connectivity index (χ0) is 32.4. The van der Waals surface area contributed by atoms with Crippen LogP contribution in [0.4, 0.5) is 4.79 Å². The highest BCUT2D eigenvalue weighted by molar-refractivity contribution is 6.38. The number of fused-ring (bicyclic) bond motifs is 1. The molecule has 6 aliphatic rings. The number of nitrogens with one attached hydrogen (secondary N) is 3. The van der Waals surface area contributed by atoms with Gasteiger partial charge in [0.1, 0.15) is 17.7 Å². The fourth-order valence-electron chi connectivity index (χ4n) is 9.44. The molecule has 5 fully saturated rings. The van der Waals surface area contributed by atoms with Crippen molar-refractivity contribution in [2.45, 2.75) is 108 Å². The van der Waals surface area contributed by atoms with Crippen molar-refractivity contribution in [2.24, 2.45) is 23.7 Å². The Hall–Kier alpha value is -3.69. The number of nitrogens with zero attached hydrogens (tertiary/aromatic N) is 1. The van der Waals surface area contributed by atoms with Gasteiger partial charge in [-0.05, 0) is 105 Å². The summed E-state index contributed by atoms with van der Waals surface area (Å²) in [5, 5.41) is 8.27. The third-order valence-electron chi connectivity index (χ3n) is 11.1. The first-order valence-corrected chi connectivity index (χ1v) is 17.3. The van der Waals surface area contributed by atoms with Crippen molar-refractivity contribution >= 4 is 29.6 Å². The largest absolute Gasteiger partial charge is 0.443 e. The van der Waals surface area contributed by atoms with Crippen LogP contribution in [0.5, 0.6) is 0 Å². The molecule has 5 aliphatic carbocycles. The van der Waals surface area contributed by atoms with Crippen LogP contribution in [0.3, 0.4) is 0 Å². The van der Waals surface area contributed by atoms with Gasteiger partial charge in [-0.1, -0.05) is 43.7 Å². The first-order valence-electron chi connectivity index (χ1n) is 17.3. The molecule has 1 saturated heterocycles. The van der Waals surface area contributed by atoms with Gasteiger partial charge in [0, 0.05) is 13.1 Å². The summed E-state index contributed by atoms with van der Waals surface area (Å²) in [7, 11) is 0. The monoisotopic (exact) mass is 632 g/mol. The van der Waals surface area contributed by atoms with E-state index in [-0.39, 0.29) is 18.4 Å². The molecular formula is C36H48N4O6. The van der Waals surface area contributed by atoms with Gasteiger partial charge < -0.3 is 25.6 Å². The molecule has 248 valence electrons. The van der Waals surface area contributed by atoms with Crippen LogP contribution in [0.2, 0.25) is 0 Å². The van der Waals surface area contributed by atoms with Gasteiger partial charge in [-0.15, -0.1) is 6.58 Å². The SMILES string of the molecule is C=CCNC(=O)C(=O)C(CCC)NC(=O)[C@@H]1CCCN1C(=O)[C@@H](NC(=O)OC12CC3CC(CC(C3)C1)C2)C1Cc2ccccc2C1. The smallest absolute Gasteiger partial charge is 0.408 e. The van der Waals surface area contributed by atoms with E-state index in [2.05, 4.69) is 34.7 Å². The molecule has 0 aromatic heterocycles. The van der Waals surface area contributed by atoms with Gasteiger partial charge in [0.2, 0.25) is 17.6 Å². The Bertz CT molecular complexity index is 1320. The molecule has 46 heavy (non-hydrogen) atoms. The Labute approximate surface area is 271 Å². The molecule has 4 saturated carbocycles. The summed E-state index contributed by atoms with van der Waals surface area (Å²) in [5.41, 5.74) is 1.88. The van der Waals surface area contributed by atoms with Crippen LogP contribution in [0.15, 0.2) is 36.9 Å². The van der Waals surface area contributed by atoms with E-state index in [0.29, 0.717) is 62.8 Å². The fraction of sp³-hybridized carbons (Fsp3) is 0.639. The van der Waals surface area contributed by atoms with Crippen LogP contribution in [-0.2, 0) is 36.8 Å². The van der Waals surface area contributed by atoms with Crippen LogP contribution in [0.25, 0.3) is 0 Å². The third-order valence-corrected chi connectivity index (χ3v) is 11.1. The van der Waals surface area contributed by atoms with E-state index in [1.165, 1.54) is 25.3 Å².